The van der Waals surface area contributed by atoms with E-state index in [0.29, 0.717) is 59.7 Å². The molecule has 0 bridgehead atoms. The van der Waals surface area contributed by atoms with Crippen LogP contribution in [-0.4, -0.2) is 73.5 Å². The molecule has 0 aliphatic carbocycles. The van der Waals surface area contributed by atoms with Gasteiger partial charge in [0.15, 0.2) is 11.6 Å². The minimum Gasteiger partial charge on any atom is -0.497 e. The minimum absolute atomic E-state index is 0.140. The average Bonchev–Trinajstić information content (AvgIpc) is 3.60. The molecule has 0 saturated heterocycles. The van der Waals surface area contributed by atoms with Gasteiger partial charge < -0.3 is 18.4 Å². The zero-order valence-electron chi connectivity index (χ0n) is 25.3. The summed E-state index contributed by atoms with van der Waals surface area (Å²) in [6.07, 6.45) is 0.715. The molecule has 0 saturated carbocycles. The molecule has 1 aliphatic heterocycles. The van der Waals surface area contributed by atoms with Crippen LogP contribution < -0.4 is 14.5 Å². The van der Waals surface area contributed by atoms with Gasteiger partial charge in [-0.2, -0.15) is 43.2 Å². The third-order valence-corrected chi connectivity index (χ3v) is 11.3. The number of imidazole rings is 1. The van der Waals surface area contributed by atoms with Gasteiger partial charge in [-0.05, 0) is 72.3 Å². The van der Waals surface area contributed by atoms with E-state index in [1.807, 2.05) is 11.9 Å². The second kappa shape index (κ2) is 12.0. The number of thiophene rings is 1. The number of hydrogen-bond acceptors (Lipinski definition) is 10. The van der Waals surface area contributed by atoms with Gasteiger partial charge in [-0.1, -0.05) is 12.1 Å². The highest BCUT2D eigenvalue weighted by molar-refractivity contribution is 7.91. The maximum Gasteiger partial charge on any atom is 0.534 e. The molecule has 262 valence electrons. The van der Waals surface area contributed by atoms with Crippen molar-refractivity contribution in [1.29, 1.82) is 0 Å². The first-order valence-electron chi connectivity index (χ1n) is 14.2. The van der Waals surface area contributed by atoms with Crippen LogP contribution in [0.5, 0.6) is 11.5 Å². The Morgan fingerprint density at radius 3 is 2.12 bits per heavy atom. The number of alkyl halides is 6. The molecule has 4 heterocycles. The molecule has 0 amide bonds. The molecule has 49 heavy (non-hydrogen) atoms. The topological polar surface area (TPSA) is 130 Å². The lowest BCUT2D eigenvalue weighted by Crippen LogP contribution is -2.33. The van der Waals surface area contributed by atoms with Crippen LogP contribution in [0.4, 0.5) is 26.3 Å². The van der Waals surface area contributed by atoms with Gasteiger partial charge >= 0.3 is 31.2 Å². The zero-order chi connectivity index (χ0) is 35.7. The highest BCUT2D eigenvalue weighted by Gasteiger charge is 2.52. The third-order valence-electron chi connectivity index (χ3n) is 8.02. The summed E-state index contributed by atoms with van der Waals surface area (Å²) >= 11 is 0.612. The van der Waals surface area contributed by atoms with Gasteiger partial charge in [0, 0.05) is 13.1 Å². The second-order valence-electron chi connectivity index (χ2n) is 11.1. The number of likely N-dealkylation sites (N-methyl/N-ethyl adjacent to an activating group) is 1. The van der Waals surface area contributed by atoms with Crippen LogP contribution in [0.25, 0.3) is 32.6 Å². The first-order valence-corrected chi connectivity index (χ1v) is 17.9. The first-order chi connectivity index (χ1) is 22.8. The van der Waals surface area contributed by atoms with Crippen molar-refractivity contribution < 1.29 is 52.1 Å². The van der Waals surface area contributed by atoms with E-state index in [1.54, 1.807) is 0 Å². The molecule has 1 aliphatic rings. The third kappa shape index (κ3) is 6.03. The van der Waals surface area contributed by atoms with Gasteiger partial charge in [-0.3, -0.25) is 4.79 Å². The van der Waals surface area contributed by atoms with Crippen LogP contribution in [0.2, 0.25) is 0 Å². The SMILES string of the molecule is COc1ccc(Cn2c(=O)c(-c3nc4cc5c(cc4n3S(=O)(=O)C(F)(F)F)CCN(C)CC5)c(OS(=O)(=O)C(F)(F)F)c3sccc32)cc1. The number of aromatic nitrogens is 3. The van der Waals surface area contributed by atoms with E-state index in [1.165, 1.54) is 55.0 Å². The fraction of sp³-hybridized carbons (Fsp3) is 0.310. The summed E-state index contributed by atoms with van der Waals surface area (Å²) in [5, 5.41) is 1.29. The van der Waals surface area contributed by atoms with Crippen LogP contribution in [0, 0.1) is 0 Å². The molecule has 11 nitrogen and oxygen atoms in total. The van der Waals surface area contributed by atoms with Gasteiger partial charge in [0.1, 0.15) is 11.3 Å². The van der Waals surface area contributed by atoms with Gasteiger partial charge in [0.25, 0.3) is 5.56 Å². The number of hydrogen-bond donors (Lipinski definition) is 0. The van der Waals surface area contributed by atoms with Crippen molar-refractivity contribution in [3.05, 3.63) is 74.9 Å². The molecule has 20 heteroatoms. The number of ether oxygens (including phenoxy) is 1. The predicted molar refractivity (Wildman–Crippen MR) is 168 cm³/mol. The van der Waals surface area contributed by atoms with Crippen molar-refractivity contribution in [1.82, 2.24) is 18.4 Å². The Bertz CT molecular complexity index is 2380. The number of methoxy groups -OCH3 is 1. The molecule has 0 radical (unpaired) electrons. The lowest BCUT2D eigenvalue weighted by Gasteiger charge is -2.18. The molecule has 3 aromatic heterocycles. The number of fused-ring (bicyclic) bond motifs is 3. The van der Waals surface area contributed by atoms with Crippen molar-refractivity contribution in [3.63, 3.8) is 0 Å². The van der Waals surface area contributed by atoms with Gasteiger partial charge in [-0.15, -0.1) is 11.3 Å². The van der Waals surface area contributed by atoms with Crippen molar-refractivity contribution in [2.45, 2.75) is 30.4 Å². The van der Waals surface area contributed by atoms with Crippen LogP contribution >= 0.6 is 11.3 Å². The Balaban J connectivity index is 1.74. The Morgan fingerprint density at radius 2 is 1.53 bits per heavy atom. The predicted octanol–water partition coefficient (Wildman–Crippen LogP) is 5.09. The van der Waals surface area contributed by atoms with E-state index in [2.05, 4.69) is 9.17 Å². The smallest absolute Gasteiger partial charge is 0.497 e. The largest absolute Gasteiger partial charge is 0.534 e. The van der Waals surface area contributed by atoms with Crippen molar-refractivity contribution >= 4 is 52.7 Å². The van der Waals surface area contributed by atoms with Gasteiger partial charge in [0.05, 0.1) is 34.9 Å². The van der Waals surface area contributed by atoms with Gasteiger partial charge in [0.2, 0.25) is 0 Å². The van der Waals surface area contributed by atoms with E-state index < -0.39 is 64.1 Å². The Labute approximate surface area is 278 Å². The molecule has 0 fully saturated rings. The fourth-order valence-electron chi connectivity index (χ4n) is 5.54. The Hall–Kier alpha value is -4.14. The fourth-order valence-corrected chi connectivity index (χ4v) is 7.93. The maximum atomic E-state index is 14.4. The molecule has 0 spiro atoms. The molecular formula is C29H24F6N4O7S3. The molecular weight excluding hydrogens is 727 g/mol. The molecule has 6 rings (SSSR count). The highest BCUT2D eigenvalue weighted by Crippen LogP contribution is 2.43. The molecule has 5 aromatic rings. The quantitative estimate of drug-likeness (QED) is 0.127. The molecule has 2 aromatic carbocycles. The minimum atomic E-state index is -6.54. The van der Waals surface area contributed by atoms with Crippen LogP contribution in [0.1, 0.15) is 16.7 Å². The number of rotatable bonds is 7. The monoisotopic (exact) mass is 750 g/mol. The van der Waals surface area contributed by atoms with Crippen molar-refractivity contribution in [2.24, 2.45) is 0 Å². The summed E-state index contributed by atoms with van der Waals surface area (Å²) < 4.78 is 145. The maximum absolute atomic E-state index is 14.4. The van der Waals surface area contributed by atoms with E-state index in [9.17, 15) is 48.0 Å². The Morgan fingerprint density at radius 1 is 0.898 bits per heavy atom. The average molecular weight is 751 g/mol. The summed E-state index contributed by atoms with van der Waals surface area (Å²) in [6, 6.07) is 9.95. The van der Waals surface area contributed by atoms with Crippen molar-refractivity contribution in [2.75, 3.05) is 27.2 Å². The molecule has 0 N–H and O–H groups in total. The number of nitrogens with zero attached hydrogens (tertiary/aromatic N) is 4. The second-order valence-corrected chi connectivity index (χ2v) is 15.4. The van der Waals surface area contributed by atoms with E-state index >= 15 is 0 Å². The summed E-state index contributed by atoms with van der Waals surface area (Å²) in [5.74, 6) is -2.16. The van der Waals surface area contributed by atoms with Crippen LogP contribution in [0.15, 0.2) is 52.6 Å². The number of benzene rings is 2. The summed E-state index contributed by atoms with van der Waals surface area (Å²) in [5.41, 5.74) is -14.2. The lowest BCUT2D eigenvalue weighted by molar-refractivity contribution is -0.0499. The van der Waals surface area contributed by atoms with E-state index in [-0.39, 0.29) is 21.6 Å². The summed E-state index contributed by atoms with van der Waals surface area (Å²) in [6.45, 7) is 0.693. The Kier molecular flexibility index (Phi) is 8.52. The number of pyridine rings is 1. The molecule has 0 atom stereocenters. The molecule has 0 unspecified atom stereocenters. The summed E-state index contributed by atoms with van der Waals surface area (Å²) in [4.78, 5) is 20.4. The van der Waals surface area contributed by atoms with Crippen molar-refractivity contribution in [3.8, 4) is 22.9 Å². The van der Waals surface area contributed by atoms with Gasteiger partial charge in [-0.25, -0.2) is 8.96 Å². The summed E-state index contributed by atoms with van der Waals surface area (Å²) in [7, 11) is -9.76. The standard InChI is InChI=1S/C29H24F6N4O7S3/c1-37-10-7-17-13-20-22(14-18(17)8-11-37)39(48(41,42)28(30,31)32)26(36-20)23-24(46-49(43,44)29(33,34)35)25-21(9-12-47-25)38(27(23)40)15-16-3-5-19(45-2)6-4-16/h3-6,9,12-14H,7-8,10-11,15H2,1-2H3. The zero-order valence-corrected chi connectivity index (χ0v) is 27.7. The highest BCUT2D eigenvalue weighted by atomic mass is 32.2. The first kappa shape index (κ1) is 34.7. The van der Waals surface area contributed by atoms with Crippen LogP contribution in [0.3, 0.4) is 0 Å². The van der Waals surface area contributed by atoms with E-state index in [0.717, 1.165) is 4.57 Å². The lowest BCUT2D eigenvalue weighted by atomic mass is 10.0. The van der Waals surface area contributed by atoms with E-state index in [4.69, 9.17) is 4.74 Å². The van der Waals surface area contributed by atoms with Crippen LogP contribution in [-0.2, 0) is 39.5 Å². The normalized spacial score (nSPS) is 15.0. The number of halogens is 6.